The summed E-state index contributed by atoms with van der Waals surface area (Å²) in [6, 6.07) is 18.4. The minimum Gasteiger partial charge on any atom is -0.465 e. The molecule has 0 aliphatic heterocycles. The molecule has 0 aromatic heterocycles. The highest BCUT2D eigenvalue weighted by atomic mass is 32.2. The molecule has 174 valence electrons. The van der Waals surface area contributed by atoms with Crippen molar-refractivity contribution in [3.8, 4) is 0 Å². The highest BCUT2D eigenvalue weighted by Gasteiger charge is 2.25. The number of hydrogen-bond donors (Lipinski definition) is 1. The molecule has 0 saturated carbocycles. The first-order valence-corrected chi connectivity index (χ1v) is 13.1. The summed E-state index contributed by atoms with van der Waals surface area (Å²) in [5.74, 6) is -0.635. The lowest BCUT2D eigenvalue weighted by atomic mass is 10.0. The Balaban J connectivity index is 1.94. The van der Waals surface area contributed by atoms with E-state index < -0.39 is 25.8 Å². The summed E-state index contributed by atoms with van der Waals surface area (Å²) in [7, 11) is -6.64. The zero-order valence-electron chi connectivity index (χ0n) is 18.5. The quantitative estimate of drug-likeness (QED) is 0.483. The number of rotatable bonds is 8. The Morgan fingerprint density at radius 2 is 1.52 bits per heavy atom. The number of nitrogens with one attached hydrogen (secondary N) is 1. The molecule has 1 N–H and O–H groups in total. The number of benzene rings is 3. The van der Waals surface area contributed by atoms with Crippen molar-refractivity contribution in [3.05, 3.63) is 89.5 Å². The van der Waals surface area contributed by atoms with E-state index >= 15 is 0 Å². The van der Waals surface area contributed by atoms with Crippen molar-refractivity contribution in [2.24, 2.45) is 0 Å². The first kappa shape index (κ1) is 24.6. The summed E-state index contributed by atoms with van der Waals surface area (Å²) in [6.07, 6.45) is 0. The summed E-state index contributed by atoms with van der Waals surface area (Å²) < 4.78 is 59.6. The van der Waals surface area contributed by atoms with Gasteiger partial charge in [0, 0.05) is 6.54 Å². The Morgan fingerprint density at radius 1 is 0.879 bits per heavy atom. The third kappa shape index (κ3) is 5.50. The summed E-state index contributed by atoms with van der Waals surface area (Å²) in [5.41, 5.74) is 1.49. The average Bonchev–Trinajstić information content (AvgIpc) is 2.82. The van der Waals surface area contributed by atoms with Crippen molar-refractivity contribution in [2.45, 2.75) is 41.0 Å². The van der Waals surface area contributed by atoms with Crippen molar-refractivity contribution < 1.29 is 26.4 Å². The largest absolute Gasteiger partial charge is 0.465 e. The maximum absolute atomic E-state index is 13.2. The molecule has 0 radical (unpaired) electrons. The third-order valence-electron chi connectivity index (χ3n) is 5.10. The third-order valence-corrected chi connectivity index (χ3v) is 8.33. The van der Waals surface area contributed by atoms with Crippen molar-refractivity contribution in [1.82, 2.24) is 4.72 Å². The summed E-state index contributed by atoms with van der Waals surface area (Å²) >= 11 is 0. The minimum atomic E-state index is -4.04. The molecule has 0 aliphatic carbocycles. The maximum Gasteiger partial charge on any atom is 0.337 e. The number of methoxy groups -OCH3 is 1. The molecule has 3 rings (SSSR count). The Bertz CT molecular complexity index is 1350. The molecular weight excluding hydrogens is 462 g/mol. The normalized spacial score (nSPS) is 12.0. The van der Waals surface area contributed by atoms with Crippen LogP contribution in [0.3, 0.4) is 0 Å². The van der Waals surface area contributed by atoms with Gasteiger partial charge < -0.3 is 4.74 Å². The minimum absolute atomic E-state index is 0.0308. The molecule has 3 aromatic rings. The van der Waals surface area contributed by atoms with Gasteiger partial charge in [-0.1, -0.05) is 50.2 Å². The van der Waals surface area contributed by atoms with Crippen LogP contribution < -0.4 is 4.72 Å². The molecule has 0 amide bonds. The van der Waals surface area contributed by atoms with Crippen LogP contribution in [0.4, 0.5) is 0 Å². The lowest BCUT2D eigenvalue weighted by molar-refractivity contribution is 0.0600. The molecule has 33 heavy (non-hydrogen) atoms. The number of carbonyl (C=O) groups is 1. The van der Waals surface area contributed by atoms with Crippen molar-refractivity contribution >= 4 is 25.8 Å². The predicted molar refractivity (Wildman–Crippen MR) is 124 cm³/mol. The molecule has 0 unspecified atom stereocenters. The van der Waals surface area contributed by atoms with E-state index in [-0.39, 0.29) is 27.1 Å². The van der Waals surface area contributed by atoms with Crippen molar-refractivity contribution in [3.63, 3.8) is 0 Å². The van der Waals surface area contributed by atoms with Gasteiger partial charge in [-0.15, -0.1) is 0 Å². The zero-order valence-corrected chi connectivity index (χ0v) is 20.1. The van der Waals surface area contributed by atoms with Crippen LogP contribution in [0.15, 0.2) is 87.5 Å². The van der Waals surface area contributed by atoms with Gasteiger partial charge in [-0.2, -0.15) is 0 Å². The van der Waals surface area contributed by atoms with Crippen molar-refractivity contribution in [2.75, 3.05) is 7.11 Å². The average molecular weight is 488 g/mol. The molecule has 0 heterocycles. The number of hydrogen-bond acceptors (Lipinski definition) is 6. The second-order valence-electron chi connectivity index (χ2n) is 7.68. The fraction of sp³-hybridized carbons (Fsp3) is 0.208. The molecule has 0 bridgehead atoms. The van der Waals surface area contributed by atoms with Crippen LogP contribution in [0.1, 0.15) is 41.3 Å². The fourth-order valence-electron chi connectivity index (χ4n) is 3.26. The van der Waals surface area contributed by atoms with Gasteiger partial charge in [0.1, 0.15) is 0 Å². The van der Waals surface area contributed by atoms with Gasteiger partial charge in [-0.3, -0.25) is 0 Å². The Morgan fingerprint density at radius 3 is 2.09 bits per heavy atom. The molecule has 3 aromatic carbocycles. The molecule has 0 fully saturated rings. The Labute approximate surface area is 194 Å². The molecule has 0 aliphatic rings. The topological polar surface area (TPSA) is 107 Å². The van der Waals surface area contributed by atoms with Crippen LogP contribution in [0.5, 0.6) is 0 Å². The SMILES string of the molecule is COC(=O)c1ccc(CNS(=O)(=O)c2cc(S(=O)(=O)c3ccccc3)ccc2C(C)C)cc1. The van der Waals surface area contributed by atoms with Crippen LogP contribution in [-0.2, 0) is 31.1 Å². The van der Waals surface area contributed by atoms with Gasteiger partial charge in [-0.05, 0) is 53.4 Å². The van der Waals surface area contributed by atoms with Crippen LogP contribution in [-0.4, -0.2) is 29.9 Å². The number of esters is 1. The molecule has 0 saturated heterocycles. The van der Waals surface area contributed by atoms with E-state index in [0.29, 0.717) is 16.7 Å². The van der Waals surface area contributed by atoms with E-state index in [1.165, 1.54) is 31.4 Å². The van der Waals surface area contributed by atoms with Crippen LogP contribution in [0, 0.1) is 0 Å². The molecule has 0 atom stereocenters. The number of carbonyl (C=O) groups excluding carboxylic acids is 1. The number of sulfonamides is 1. The van der Waals surface area contributed by atoms with E-state index in [9.17, 15) is 21.6 Å². The monoisotopic (exact) mass is 487 g/mol. The van der Waals surface area contributed by atoms with Crippen LogP contribution in [0.2, 0.25) is 0 Å². The second kappa shape index (κ2) is 9.86. The summed E-state index contributed by atoms with van der Waals surface area (Å²) in [4.78, 5) is 11.5. The maximum atomic E-state index is 13.2. The fourth-order valence-corrected chi connectivity index (χ4v) is 6.05. The highest BCUT2D eigenvalue weighted by Crippen LogP contribution is 2.29. The van der Waals surface area contributed by atoms with E-state index in [0.717, 1.165) is 0 Å². The molecular formula is C24H25NO6S2. The smallest absolute Gasteiger partial charge is 0.337 e. The first-order chi connectivity index (χ1) is 15.6. The van der Waals surface area contributed by atoms with Crippen LogP contribution in [0.25, 0.3) is 0 Å². The lowest BCUT2D eigenvalue weighted by Gasteiger charge is -2.16. The van der Waals surface area contributed by atoms with Gasteiger partial charge in [0.25, 0.3) is 0 Å². The summed E-state index contributed by atoms with van der Waals surface area (Å²) in [5, 5.41) is 0. The number of ether oxygens (including phenoxy) is 1. The van der Waals surface area contributed by atoms with Crippen molar-refractivity contribution in [1.29, 1.82) is 0 Å². The van der Waals surface area contributed by atoms with E-state index in [1.54, 1.807) is 48.5 Å². The number of sulfone groups is 1. The lowest BCUT2D eigenvalue weighted by Crippen LogP contribution is -2.25. The van der Waals surface area contributed by atoms with Gasteiger partial charge in [-0.25, -0.2) is 26.4 Å². The van der Waals surface area contributed by atoms with Gasteiger partial charge in [0.05, 0.1) is 27.4 Å². The van der Waals surface area contributed by atoms with Gasteiger partial charge in [0.2, 0.25) is 19.9 Å². The standard InChI is InChI=1S/C24H25NO6S2/c1-17(2)22-14-13-21(32(27,28)20-7-5-4-6-8-20)15-23(22)33(29,30)25-16-18-9-11-19(12-10-18)24(26)31-3/h4-15,17,25H,16H2,1-3H3. The van der Waals surface area contributed by atoms with E-state index in [1.807, 2.05) is 13.8 Å². The van der Waals surface area contributed by atoms with E-state index in [2.05, 4.69) is 9.46 Å². The highest BCUT2D eigenvalue weighted by molar-refractivity contribution is 7.91. The molecule has 0 spiro atoms. The first-order valence-electron chi connectivity index (χ1n) is 10.2. The van der Waals surface area contributed by atoms with Gasteiger partial charge in [0.15, 0.2) is 0 Å². The molecule has 7 nitrogen and oxygen atoms in total. The zero-order chi connectivity index (χ0) is 24.2. The van der Waals surface area contributed by atoms with E-state index in [4.69, 9.17) is 0 Å². The summed E-state index contributed by atoms with van der Waals surface area (Å²) in [6.45, 7) is 3.65. The van der Waals surface area contributed by atoms with Gasteiger partial charge >= 0.3 is 5.97 Å². The second-order valence-corrected chi connectivity index (χ2v) is 11.4. The molecule has 9 heteroatoms. The predicted octanol–water partition coefficient (Wildman–Crippen LogP) is 3.91. The Kier molecular flexibility index (Phi) is 7.36. The van der Waals surface area contributed by atoms with Crippen LogP contribution >= 0.6 is 0 Å². The Hall–Kier alpha value is -3.01.